The van der Waals surface area contributed by atoms with E-state index in [0.717, 1.165) is 6.54 Å². The van der Waals surface area contributed by atoms with Crippen molar-refractivity contribution in [1.29, 1.82) is 0 Å². The van der Waals surface area contributed by atoms with Crippen LogP contribution in [-0.4, -0.2) is 6.54 Å². The fourth-order valence-corrected chi connectivity index (χ4v) is 2.43. The molecule has 82 valence electrons. The van der Waals surface area contributed by atoms with Gasteiger partial charge in [-0.1, -0.05) is 25.5 Å². The Bertz CT molecular complexity index is 314. The van der Waals surface area contributed by atoms with Crippen molar-refractivity contribution in [2.24, 2.45) is 5.41 Å². The molecule has 0 saturated heterocycles. The van der Waals surface area contributed by atoms with Gasteiger partial charge in [-0.25, -0.2) is 0 Å². The van der Waals surface area contributed by atoms with Gasteiger partial charge in [0.15, 0.2) is 0 Å². The fraction of sp³-hybridized carbons (Fsp3) is 0.538. The van der Waals surface area contributed by atoms with Crippen LogP contribution in [0.4, 0.5) is 0 Å². The van der Waals surface area contributed by atoms with E-state index >= 15 is 0 Å². The van der Waals surface area contributed by atoms with Crippen molar-refractivity contribution < 1.29 is 0 Å². The third kappa shape index (κ3) is 3.18. The number of halogens is 1. The standard InChI is InChI=1S/C13H18IN/c1-13(7-2-8-13)10-15-9-11-3-5-12(14)6-4-11/h3-6,15H,2,7-10H2,1H3. The quantitative estimate of drug-likeness (QED) is 0.838. The summed E-state index contributed by atoms with van der Waals surface area (Å²) in [6, 6.07) is 8.75. The van der Waals surface area contributed by atoms with Gasteiger partial charge in [0.25, 0.3) is 0 Å². The summed E-state index contributed by atoms with van der Waals surface area (Å²) in [6.45, 7) is 4.56. The minimum atomic E-state index is 0.587. The first kappa shape index (κ1) is 11.4. The minimum Gasteiger partial charge on any atom is -0.312 e. The number of benzene rings is 1. The van der Waals surface area contributed by atoms with Gasteiger partial charge < -0.3 is 5.32 Å². The molecule has 2 rings (SSSR count). The largest absolute Gasteiger partial charge is 0.312 e. The van der Waals surface area contributed by atoms with Crippen LogP contribution < -0.4 is 5.32 Å². The van der Waals surface area contributed by atoms with Crippen molar-refractivity contribution in [1.82, 2.24) is 5.32 Å². The van der Waals surface area contributed by atoms with Crippen LogP contribution >= 0.6 is 22.6 Å². The third-order valence-electron chi connectivity index (χ3n) is 3.35. The second kappa shape index (κ2) is 4.83. The molecule has 15 heavy (non-hydrogen) atoms. The van der Waals surface area contributed by atoms with E-state index in [1.54, 1.807) is 0 Å². The summed E-state index contributed by atoms with van der Waals surface area (Å²) in [4.78, 5) is 0. The Labute approximate surface area is 106 Å². The van der Waals surface area contributed by atoms with Crippen molar-refractivity contribution in [2.45, 2.75) is 32.7 Å². The molecule has 1 nitrogen and oxygen atoms in total. The highest BCUT2D eigenvalue weighted by molar-refractivity contribution is 14.1. The first-order chi connectivity index (χ1) is 7.18. The second-order valence-electron chi connectivity index (χ2n) is 4.89. The summed E-state index contributed by atoms with van der Waals surface area (Å²) in [5.41, 5.74) is 1.97. The predicted molar refractivity (Wildman–Crippen MR) is 72.8 cm³/mol. The molecule has 1 saturated carbocycles. The molecule has 1 N–H and O–H groups in total. The fourth-order valence-electron chi connectivity index (χ4n) is 2.07. The van der Waals surface area contributed by atoms with Gasteiger partial charge in [0.1, 0.15) is 0 Å². The Morgan fingerprint density at radius 1 is 1.27 bits per heavy atom. The van der Waals surface area contributed by atoms with Gasteiger partial charge in [-0.2, -0.15) is 0 Å². The lowest BCUT2D eigenvalue weighted by Gasteiger charge is -2.38. The first-order valence-electron chi connectivity index (χ1n) is 5.63. The molecule has 0 unspecified atom stereocenters. The molecule has 1 aliphatic carbocycles. The number of nitrogens with one attached hydrogen (secondary N) is 1. The Morgan fingerprint density at radius 3 is 2.47 bits per heavy atom. The average Bonchev–Trinajstić information content (AvgIpc) is 2.19. The molecule has 0 heterocycles. The van der Waals surface area contributed by atoms with E-state index in [0.29, 0.717) is 5.41 Å². The highest BCUT2D eigenvalue weighted by Crippen LogP contribution is 2.39. The maximum atomic E-state index is 3.56. The number of hydrogen-bond donors (Lipinski definition) is 1. The molecule has 0 amide bonds. The van der Waals surface area contributed by atoms with Crippen LogP contribution in [0, 0.1) is 8.99 Å². The smallest absolute Gasteiger partial charge is 0.0205 e. The van der Waals surface area contributed by atoms with E-state index in [1.807, 2.05) is 0 Å². The van der Waals surface area contributed by atoms with Gasteiger partial charge in [-0.3, -0.25) is 0 Å². The minimum absolute atomic E-state index is 0.587. The topological polar surface area (TPSA) is 12.0 Å². The van der Waals surface area contributed by atoms with Gasteiger partial charge in [0, 0.05) is 16.7 Å². The molecule has 1 aliphatic rings. The molecule has 0 aromatic heterocycles. The van der Waals surface area contributed by atoms with E-state index < -0.39 is 0 Å². The van der Waals surface area contributed by atoms with E-state index in [2.05, 4.69) is 59.1 Å². The second-order valence-corrected chi connectivity index (χ2v) is 6.14. The SMILES string of the molecule is CC1(CNCc2ccc(I)cc2)CCC1. The summed E-state index contributed by atoms with van der Waals surface area (Å²) >= 11 is 2.34. The van der Waals surface area contributed by atoms with Crippen LogP contribution in [0.15, 0.2) is 24.3 Å². The van der Waals surface area contributed by atoms with Crippen LogP contribution in [0.5, 0.6) is 0 Å². The van der Waals surface area contributed by atoms with Crippen LogP contribution in [0.3, 0.4) is 0 Å². The molecule has 2 heteroatoms. The summed E-state index contributed by atoms with van der Waals surface area (Å²) in [5, 5.41) is 3.56. The summed E-state index contributed by atoms with van der Waals surface area (Å²) in [6.07, 6.45) is 4.21. The maximum absolute atomic E-state index is 3.56. The lowest BCUT2D eigenvalue weighted by atomic mass is 9.70. The van der Waals surface area contributed by atoms with Crippen molar-refractivity contribution in [2.75, 3.05) is 6.54 Å². The summed E-state index contributed by atoms with van der Waals surface area (Å²) in [7, 11) is 0. The van der Waals surface area contributed by atoms with Crippen LogP contribution in [0.1, 0.15) is 31.7 Å². The highest BCUT2D eigenvalue weighted by atomic mass is 127. The van der Waals surface area contributed by atoms with E-state index in [1.165, 1.54) is 34.9 Å². The summed E-state index contributed by atoms with van der Waals surface area (Å²) in [5.74, 6) is 0. The highest BCUT2D eigenvalue weighted by Gasteiger charge is 2.30. The number of hydrogen-bond acceptors (Lipinski definition) is 1. The molecule has 0 aliphatic heterocycles. The van der Waals surface area contributed by atoms with Crippen LogP contribution in [0.2, 0.25) is 0 Å². The van der Waals surface area contributed by atoms with Crippen molar-refractivity contribution in [3.8, 4) is 0 Å². The van der Waals surface area contributed by atoms with Gasteiger partial charge in [0.05, 0.1) is 0 Å². The van der Waals surface area contributed by atoms with Gasteiger partial charge in [-0.15, -0.1) is 0 Å². The van der Waals surface area contributed by atoms with Gasteiger partial charge in [0.2, 0.25) is 0 Å². The first-order valence-corrected chi connectivity index (χ1v) is 6.71. The molecular formula is C13H18IN. The molecule has 0 radical (unpaired) electrons. The van der Waals surface area contributed by atoms with E-state index in [9.17, 15) is 0 Å². The molecular weight excluding hydrogens is 297 g/mol. The molecule has 0 bridgehead atoms. The zero-order chi connectivity index (χ0) is 10.7. The van der Waals surface area contributed by atoms with E-state index in [4.69, 9.17) is 0 Å². The Hall–Kier alpha value is -0.0900. The zero-order valence-corrected chi connectivity index (χ0v) is 11.4. The maximum Gasteiger partial charge on any atom is 0.0205 e. The van der Waals surface area contributed by atoms with Crippen molar-refractivity contribution in [3.05, 3.63) is 33.4 Å². The molecule has 1 aromatic carbocycles. The zero-order valence-electron chi connectivity index (χ0n) is 9.22. The van der Waals surface area contributed by atoms with Gasteiger partial charge in [-0.05, 0) is 58.5 Å². The summed E-state index contributed by atoms with van der Waals surface area (Å²) < 4.78 is 1.31. The molecule has 0 spiro atoms. The van der Waals surface area contributed by atoms with Crippen LogP contribution in [-0.2, 0) is 6.54 Å². The molecule has 1 aromatic rings. The Morgan fingerprint density at radius 2 is 1.93 bits per heavy atom. The predicted octanol–water partition coefficient (Wildman–Crippen LogP) is 3.57. The lowest BCUT2D eigenvalue weighted by molar-refractivity contribution is 0.156. The lowest BCUT2D eigenvalue weighted by Crippen LogP contribution is -2.36. The average molecular weight is 315 g/mol. The Kier molecular flexibility index (Phi) is 3.67. The van der Waals surface area contributed by atoms with E-state index in [-0.39, 0.29) is 0 Å². The number of rotatable bonds is 4. The molecule has 0 atom stereocenters. The van der Waals surface area contributed by atoms with Crippen molar-refractivity contribution >= 4 is 22.6 Å². The third-order valence-corrected chi connectivity index (χ3v) is 4.07. The molecule has 1 fully saturated rings. The Balaban J connectivity index is 1.76. The van der Waals surface area contributed by atoms with Gasteiger partial charge >= 0.3 is 0 Å². The monoisotopic (exact) mass is 315 g/mol. The normalized spacial score (nSPS) is 18.5. The van der Waals surface area contributed by atoms with Crippen LogP contribution in [0.25, 0.3) is 0 Å². The van der Waals surface area contributed by atoms with Crippen molar-refractivity contribution in [3.63, 3.8) is 0 Å².